The fraction of sp³-hybridized carbons (Fsp3) is 0.308. The fourth-order valence-electron chi connectivity index (χ4n) is 5.35. The minimum atomic E-state index is -0.922. The first-order chi connectivity index (χ1) is 13.5. The molecule has 1 fully saturated rings. The van der Waals surface area contributed by atoms with Crippen molar-refractivity contribution in [2.75, 3.05) is 7.05 Å². The van der Waals surface area contributed by atoms with Crippen molar-refractivity contribution in [3.05, 3.63) is 108 Å². The summed E-state index contributed by atoms with van der Waals surface area (Å²) in [6.45, 7) is 4.39. The molecule has 3 aromatic rings. The lowest BCUT2D eigenvalue weighted by Gasteiger charge is -2.56. The van der Waals surface area contributed by atoms with E-state index in [0.29, 0.717) is 0 Å². The third kappa shape index (κ3) is 2.97. The van der Waals surface area contributed by atoms with Gasteiger partial charge in [0.15, 0.2) is 0 Å². The summed E-state index contributed by atoms with van der Waals surface area (Å²) in [6, 6.07) is 31.6. The number of hydrogen-bond donors (Lipinski definition) is 1. The van der Waals surface area contributed by atoms with E-state index in [1.165, 1.54) is 11.1 Å². The Bertz CT molecular complexity index is 840. The van der Waals surface area contributed by atoms with Crippen LogP contribution in [-0.2, 0) is 5.60 Å². The maximum absolute atomic E-state index is 12.2. The average Bonchev–Trinajstić information content (AvgIpc) is 2.74. The van der Waals surface area contributed by atoms with Gasteiger partial charge in [-0.15, -0.1) is 0 Å². The molecule has 0 spiro atoms. The van der Waals surface area contributed by atoms with Crippen molar-refractivity contribution in [3.8, 4) is 0 Å². The van der Waals surface area contributed by atoms with E-state index in [1.54, 1.807) is 0 Å². The fourth-order valence-corrected chi connectivity index (χ4v) is 5.35. The largest absolute Gasteiger partial charge is 0.384 e. The zero-order valence-electron chi connectivity index (χ0n) is 16.9. The lowest BCUT2D eigenvalue weighted by molar-refractivity contribution is -0.161. The van der Waals surface area contributed by atoms with E-state index >= 15 is 0 Å². The zero-order chi connectivity index (χ0) is 19.7. The molecular formula is C26H29NO. The number of piperidine rings is 1. The van der Waals surface area contributed by atoms with E-state index in [9.17, 15) is 5.11 Å². The third-order valence-corrected chi connectivity index (χ3v) is 6.73. The Hall–Kier alpha value is -2.42. The Morgan fingerprint density at radius 1 is 0.643 bits per heavy atom. The van der Waals surface area contributed by atoms with Gasteiger partial charge in [0, 0.05) is 23.9 Å². The van der Waals surface area contributed by atoms with E-state index in [-0.39, 0.29) is 23.9 Å². The molecule has 0 radical (unpaired) electrons. The van der Waals surface area contributed by atoms with Crippen molar-refractivity contribution < 1.29 is 5.11 Å². The highest BCUT2D eigenvalue weighted by molar-refractivity contribution is 5.33. The van der Waals surface area contributed by atoms with Gasteiger partial charge in [-0.3, -0.25) is 4.90 Å². The van der Waals surface area contributed by atoms with Crippen molar-refractivity contribution in [2.24, 2.45) is 11.8 Å². The Morgan fingerprint density at radius 2 is 1.00 bits per heavy atom. The number of nitrogens with zero attached hydrogens (tertiary/aromatic N) is 1. The van der Waals surface area contributed by atoms with Crippen LogP contribution in [0.1, 0.15) is 42.6 Å². The monoisotopic (exact) mass is 371 g/mol. The van der Waals surface area contributed by atoms with Gasteiger partial charge in [-0.1, -0.05) is 105 Å². The molecule has 1 heterocycles. The van der Waals surface area contributed by atoms with Crippen LogP contribution in [0.4, 0.5) is 0 Å². The topological polar surface area (TPSA) is 23.5 Å². The molecule has 4 atom stereocenters. The molecule has 0 aliphatic carbocycles. The SMILES string of the molecule is CC1C(c2ccccc2)N(C)C(c2ccccc2)C(C)C1(O)c1ccccc1. The van der Waals surface area contributed by atoms with Gasteiger partial charge in [0.2, 0.25) is 0 Å². The minimum Gasteiger partial charge on any atom is -0.384 e. The highest BCUT2D eigenvalue weighted by Crippen LogP contribution is 2.55. The van der Waals surface area contributed by atoms with Gasteiger partial charge in [-0.05, 0) is 23.7 Å². The lowest BCUT2D eigenvalue weighted by atomic mass is 9.62. The second kappa shape index (κ2) is 7.54. The summed E-state index contributed by atoms with van der Waals surface area (Å²) < 4.78 is 0. The standard InChI is InChI=1S/C26H29NO/c1-19-24(21-13-7-4-8-14-21)27(3)25(22-15-9-5-10-16-22)20(2)26(19,28)23-17-11-6-12-18-23/h4-20,24-25,28H,1-3H3. The predicted molar refractivity (Wildman–Crippen MR) is 115 cm³/mol. The van der Waals surface area contributed by atoms with E-state index in [0.717, 1.165) is 5.56 Å². The summed E-state index contributed by atoms with van der Waals surface area (Å²) in [5, 5.41) is 12.2. The Balaban J connectivity index is 1.89. The highest BCUT2D eigenvalue weighted by Gasteiger charge is 2.54. The van der Waals surface area contributed by atoms with E-state index < -0.39 is 5.60 Å². The molecule has 2 heteroatoms. The molecule has 1 aliphatic heterocycles. The van der Waals surface area contributed by atoms with E-state index in [4.69, 9.17) is 0 Å². The van der Waals surface area contributed by atoms with Crippen LogP contribution < -0.4 is 0 Å². The van der Waals surface area contributed by atoms with Crippen molar-refractivity contribution >= 4 is 0 Å². The van der Waals surface area contributed by atoms with Crippen LogP contribution in [0.25, 0.3) is 0 Å². The quantitative estimate of drug-likeness (QED) is 0.650. The first kappa shape index (κ1) is 18.9. The van der Waals surface area contributed by atoms with Gasteiger partial charge in [0.1, 0.15) is 0 Å². The smallest absolute Gasteiger partial charge is 0.0983 e. The van der Waals surface area contributed by atoms with Crippen molar-refractivity contribution in [3.63, 3.8) is 0 Å². The molecule has 0 amide bonds. The summed E-state index contributed by atoms with van der Waals surface area (Å²) in [7, 11) is 2.20. The summed E-state index contributed by atoms with van der Waals surface area (Å²) >= 11 is 0. The van der Waals surface area contributed by atoms with Gasteiger partial charge in [-0.25, -0.2) is 0 Å². The van der Waals surface area contributed by atoms with Gasteiger partial charge < -0.3 is 5.11 Å². The highest BCUT2D eigenvalue weighted by atomic mass is 16.3. The molecule has 2 nitrogen and oxygen atoms in total. The summed E-state index contributed by atoms with van der Waals surface area (Å²) in [6.07, 6.45) is 0. The van der Waals surface area contributed by atoms with Crippen molar-refractivity contribution in [1.29, 1.82) is 0 Å². The molecule has 4 rings (SSSR count). The molecular weight excluding hydrogens is 342 g/mol. The van der Waals surface area contributed by atoms with Crippen LogP contribution in [0.5, 0.6) is 0 Å². The van der Waals surface area contributed by atoms with Crippen LogP contribution >= 0.6 is 0 Å². The van der Waals surface area contributed by atoms with E-state index in [2.05, 4.69) is 98.6 Å². The predicted octanol–water partition coefficient (Wildman–Crippen LogP) is 5.57. The second-order valence-corrected chi connectivity index (χ2v) is 8.15. The maximum atomic E-state index is 12.2. The van der Waals surface area contributed by atoms with Gasteiger partial charge in [-0.2, -0.15) is 0 Å². The number of benzene rings is 3. The summed E-state index contributed by atoms with van der Waals surface area (Å²) in [4.78, 5) is 2.46. The summed E-state index contributed by atoms with van der Waals surface area (Å²) in [5.41, 5.74) is 2.58. The second-order valence-electron chi connectivity index (χ2n) is 8.15. The van der Waals surface area contributed by atoms with Crippen LogP contribution in [0, 0.1) is 11.8 Å². The molecule has 28 heavy (non-hydrogen) atoms. The van der Waals surface area contributed by atoms with Gasteiger partial charge in [0.25, 0.3) is 0 Å². The Kier molecular flexibility index (Phi) is 5.09. The van der Waals surface area contributed by atoms with Crippen LogP contribution in [0.2, 0.25) is 0 Å². The molecule has 3 aromatic carbocycles. The van der Waals surface area contributed by atoms with Crippen molar-refractivity contribution in [1.82, 2.24) is 4.90 Å². The maximum Gasteiger partial charge on any atom is 0.0983 e. The molecule has 1 saturated heterocycles. The first-order valence-electron chi connectivity index (χ1n) is 10.1. The Labute approximate surface area is 168 Å². The van der Waals surface area contributed by atoms with Gasteiger partial charge in [0.05, 0.1) is 5.60 Å². The third-order valence-electron chi connectivity index (χ3n) is 6.73. The molecule has 1 aliphatic rings. The van der Waals surface area contributed by atoms with Crippen LogP contribution in [0.3, 0.4) is 0 Å². The Morgan fingerprint density at radius 3 is 1.39 bits per heavy atom. The first-order valence-corrected chi connectivity index (χ1v) is 10.1. The number of hydrogen-bond acceptors (Lipinski definition) is 2. The molecule has 0 aromatic heterocycles. The normalized spacial score (nSPS) is 30.9. The number of likely N-dealkylation sites (tertiary alicyclic amines) is 1. The molecule has 4 unspecified atom stereocenters. The minimum absolute atomic E-state index is 0.0391. The molecule has 0 saturated carbocycles. The number of aliphatic hydroxyl groups is 1. The van der Waals surface area contributed by atoms with Gasteiger partial charge >= 0.3 is 0 Å². The van der Waals surface area contributed by atoms with Crippen molar-refractivity contribution in [2.45, 2.75) is 31.5 Å². The number of rotatable bonds is 3. The summed E-state index contributed by atoms with van der Waals surface area (Å²) in [5.74, 6) is 0.0783. The molecule has 0 bridgehead atoms. The van der Waals surface area contributed by atoms with E-state index in [1.807, 2.05) is 18.2 Å². The average molecular weight is 372 g/mol. The van der Waals surface area contributed by atoms with Crippen LogP contribution in [-0.4, -0.2) is 17.1 Å². The molecule has 144 valence electrons. The zero-order valence-corrected chi connectivity index (χ0v) is 16.9. The molecule has 1 N–H and O–H groups in total. The lowest BCUT2D eigenvalue weighted by Crippen LogP contribution is -2.56. The van der Waals surface area contributed by atoms with Crippen LogP contribution in [0.15, 0.2) is 91.0 Å².